The smallest absolute Gasteiger partial charge is 0.311 e. The number of esters is 1. The van der Waals surface area contributed by atoms with E-state index in [1.807, 2.05) is 48.5 Å². The molecule has 288 valence electrons. The van der Waals surface area contributed by atoms with Gasteiger partial charge in [-0.05, 0) is 85.6 Å². The molecule has 3 aliphatic rings. The molecule has 0 aromatic rings. The van der Waals surface area contributed by atoms with Crippen molar-refractivity contribution in [3.05, 3.63) is 0 Å². The molecule has 0 amide bonds. The van der Waals surface area contributed by atoms with E-state index in [1.165, 1.54) is 6.92 Å². The minimum atomic E-state index is -1.76. The quantitative estimate of drug-likeness (QED) is 0.246. The number of aliphatic hydroxyl groups excluding tert-OH is 3. The molecule has 17 atom stereocenters. The first-order chi connectivity index (χ1) is 22.8. The van der Waals surface area contributed by atoms with Crippen molar-refractivity contribution in [3.8, 4) is 0 Å². The SMILES string of the molecule is CC[C@H]1OC(=O)[C@H](C)[C@@H](O[C@H]2CC(C)C(CO)[C@H](C)O2)[C@H](C)[C@@H](O[C@@H]2O[C@H](C)CC[C@H]2O)[C@](C)(O)C[C@@H](C)CN(CC)[C@H](C)[C@@H](O)[C@]1(C)O. The van der Waals surface area contributed by atoms with E-state index in [0.29, 0.717) is 32.4 Å². The number of hydrogen-bond acceptors (Lipinski definition) is 12. The minimum absolute atomic E-state index is 0.0189. The van der Waals surface area contributed by atoms with Gasteiger partial charge in [0.2, 0.25) is 0 Å². The van der Waals surface area contributed by atoms with Gasteiger partial charge in [0.05, 0.1) is 35.9 Å². The Morgan fingerprint density at radius 2 is 1.61 bits per heavy atom. The van der Waals surface area contributed by atoms with E-state index in [1.54, 1.807) is 20.8 Å². The van der Waals surface area contributed by atoms with Crippen LogP contribution in [-0.2, 0) is 28.5 Å². The molecule has 49 heavy (non-hydrogen) atoms. The molecule has 0 radical (unpaired) electrons. The predicted octanol–water partition coefficient (Wildman–Crippen LogP) is 3.23. The summed E-state index contributed by atoms with van der Waals surface area (Å²) in [6.07, 6.45) is -5.03. The maximum atomic E-state index is 14.1. The number of likely N-dealkylation sites (N-methyl/N-ethyl adjacent to an activating group) is 1. The summed E-state index contributed by atoms with van der Waals surface area (Å²) in [5, 5.41) is 56.6. The molecule has 0 aromatic heterocycles. The lowest BCUT2D eigenvalue weighted by Crippen LogP contribution is -2.59. The molecule has 12 heteroatoms. The molecule has 0 aromatic carbocycles. The van der Waals surface area contributed by atoms with Crippen LogP contribution < -0.4 is 0 Å². The molecule has 12 nitrogen and oxygen atoms in total. The summed E-state index contributed by atoms with van der Waals surface area (Å²) in [5.41, 5.74) is -3.25. The number of aliphatic hydroxyl groups is 5. The van der Waals surface area contributed by atoms with Gasteiger partial charge in [-0.15, -0.1) is 0 Å². The van der Waals surface area contributed by atoms with Crippen molar-refractivity contribution >= 4 is 5.97 Å². The lowest BCUT2D eigenvalue weighted by atomic mass is 9.77. The van der Waals surface area contributed by atoms with Gasteiger partial charge in [-0.2, -0.15) is 0 Å². The zero-order valence-corrected chi connectivity index (χ0v) is 31.9. The number of carbonyl (C=O) groups excluding carboxylic acids is 1. The van der Waals surface area contributed by atoms with E-state index < -0.39 is 78.1 Å². The fraction of sp³-hybridized carbons (Fsp3) is 0.973. The van der Waals surface area contributed by atoms with Crippen molar-refractivity contribution in [2.75, 3.05) is 19.7 Å². The summed E-state index contributed by atoms with van der Waals surface area (Å²) < 4.78 is 31.7. The molecular formula is C37H69NO11. The summed E-state index contributed by atoms with van der Waals surface area (Å²) in [6.45, 7) is 21.3. The molecule has 3 rings (SSSR count). The summed E-state index contributed by atoms with van der Waals surface area (Å²) in [4.78, 5) is 16.2. The van der Waals surface area contributed by atoms with E-state index in [2.05, 4.69) is 4.90 Å². The Bertz CT molecular complexity index is 1020. The number of hydrogen-bond donors (Lipinski definition) is 5. The van der Waals surface area contributed by atoms with Gasteiger partial charge in [-0.1, -0.05) is 34.6 Å². The van der Waals surface area contributed by atoms with Crippen LogP contribution in [0.25, 0.3) is 0 Å². The largest absolute Gasteiger partial charge is 0.459 e. The molecule has 5 N–H and O–H groups in total. The second kappa shape index (κ2) is 17.7. The third kappa shape index (κ3) is 10.1. The van der Waals surface area contributed by atoms with Gasteiger partial charge in [0.25, 0.3) is 0 Å². The summed E-state index contributed by atoms with van der Waals surface area (Å²) >= 11 is 0. The predicted molar refractivity (Wildman–Crippen MR) is 184 cm³/mol. The van der Waals surface area contributed by atoms with E-state index in [-0.39, 0.29) is 49.4 Å². The lowest BCUT2D eigenvalue weighted by molar-refractivity contribution is -0.302. The van der Waals surface area contributed by atoms with Crippen LogP contribution in [0.1, 0.15) is 108 Å². The van der Waals surface area contributed by atoms with Gasteiger partial charge in [0.1, 0.15) is 23.9 Å². The van der Waals surface area contributed by atoms with E-state index >= 15 is 0 Å². The molecule has 3 fully saturated rings. The number of carbonyl (C=O) groups is 1. The molecule has 3 saturated heterocycles. The fourth-order valence-electron chi connectivity index (χ4n) is 8.58. The van der Waals surface area contributed by atoms with Crippen LogP contribution in [-0.4, -0.2) is 129 Å². The average molecular weight is 704 g/mol. The van der Waals surface area contributed by atoms with E-state index in [4.69, 9.17) is 23.7 Å². The Balaban J connectivity index is 2.13. The third-order valence-corrected chi connectivity index (χ3v) is 11.7. The van der Waals surface area contributed by atoms with Gasteiger partial charge in [0, 0.05) is 37.5 Å². The summed E-state index contributed by atoms with van der Waals surface area (Å²) in [7, 11) is 0. The van der Waals surface area contributed by atoms with Crippen molar-refractivity contribution in [1.29, 1.82) is 0 Å². The standard InChI is InChI=1S/C37H69NO11/c1-12-29-37(11,44)32(41)25(8)38(13-2)18-20(3)17-36(10,43)33(49-35-28(40)15-14-22(5)45-35)23(6)31(24(7)34(42)47-29)48-30-16-21(4)27(19-39)26(9)46-30/h20-33,35,39-41,43-44H,12-19H2,1-11H3/t20-,21?,22-,23+,24-,25-,26+,27?,28-,29-,30+,31+,32-,33-,35+,36-,37-/m1/s1. The van der Waals surface area contributed by atoms with Crippen LogP contribution in [0.15, 0.2) is 0 Å². The monoisotopic (exact) mass is 703 g/mol. The van der Waals surface area contributed by atoms with Gasteiger partial charge in [-0.3, -0.25) is 9.69 Å². The normalized spacial score (nSPS) is 48.7. The fourth-order valence-corrected chi connectivity index (χ4v) is 8.58. The van der Waals surface area contributed by atoms with Gasteiger partial charge < -0.3 is 49.2 Å². The highest BCUT2D eigenvalue weighted by molar-refractivity contribution is 5.73. The van der Waals surface area contributed by atoms with Crippen LogP contribution in [0, 0.1) is 29.6 Å². The van der Waals surface area contributed by atoms with Crippen molar-refractivity contribution in [1.82, 2.24) is 4.90 Å². The van der Waals surface area contributed by atoms with Crippen LogP contribution in [0.4, 0.5) is 0 Å². The average Bonchev–Trinajstić information content (AvgIpc) is 3.02. The van der Waals surface area contributed by atoms with Crippen LogP contribution >= 0.6 is 0 Å². The first-order valence-electron chi connectivity index (χ1n) is 18.8. The van der Waals surface area contributed by atoms with Crippen molar-refractivity contribution in [3.63, 3.8) is 0 Å². The maximum absolute atomic E-state index is 14.1. The molecule has 0 saturated carbocycles. The second-order valence-electron chi connectivity index (χ2n) is 16.1. The number of nitrogens with zero attached hydrogens (tertiary/aromatic N) is 1. The van der Waals surface area contributed by atoms with Crippen LogP contribution in [0.2, 0.25) is 0 Å². The Labute approximate surface area is 294 Å². The van der Waals surface area contributed by atoms with Gasteiger partial charge in [-0.25, -0.2) is 0 Å². The molecule has 0 aliphatic carbocycles. The number of ether oxygens (including phenoxy) is 5. The Kier molecular flexibility index (Phi) is 15.4. The minimum Gasteiger partial charge on any atom is -0.459 e. The summed E-state index contributed by atoms with van der Waals surface area (Å²) in [5.74, 6) is -2.30. The molecule has 3 heterocycles. The molecule has 2 unspecified atom stereocenters. The first kappa shape index (κ1) is 42.5. The van der Waals surface area contributed by atoms with Crippen molar-refractivity contribution in [2.24, 2.45) is 29.6 Å². The van der Waals surface area contributed by atoms with E-state index in [0.717, 1.165) is 0 Å². The molecule has 3 aliphatic heterocycles. The summed E-state index contributed by atoms with van der Waals surface area (Å²) in [6, 6.07) is -0.493. The topological polar surface area (TPSA) is 168 Å². The molecule has 0 spiro atoms. The molecule has 0 bridgehead atoms. The Morgan fingerprint density at radius 1 is 0.959 bits per heavy atom. The highest BCUT2D eigenvalue weighted by Crippen LogP contribution is 2.39. The highest BCUT2D eigenvalue weighted by atomic mass is 16.7. The highest BCUT2D eigenvalue weighted by Gasteiger charge is 2.50. The van der Waals surface area contributed by atoms with Gasteiger partial charge >= 0.3 is 5.97 Å². The molecular weight excluding hydrogens is 634 g/mol. The van der Waals surface area contributed by atoms with Gasteiger partial charge in [0.15, 0.2) is 12.6 Å². The van der Waals surface area contributed by atoms with Crippen LogP contribution in [0.3, 0.4) is 0 Å². The van der Waals surface area contributed by atoms with Crippen molar-refractivity contribution in [2.45, 2.75) is 181 Å². The van der Waals surface area contributed by atoms with E-state index in [9.17, 15) is 30.3 Å². The van der Waals surface area contributed by atoms with Crippen molar-refractivity contribution < 1.29 is 54.0 Å². The first-order valence-corrected chi connectivity index (χ1v) is 18.8. The van der Waals surface area contributed by atoms with Crippen LogP contribution in [0.5, 0.6) is 0 Å². The second-order valence-corrected chi connectivity index (χ2v) is 16.1. The third-order valence-electron chi connectivity index (χ3n) is 11.7. The number of rotatable bonds is 7. The Morgan fingerprint density at radius 3 is 2.18 bits per heavy atom. The zero-order valence-electron chi connectivity index (χ0n) is 31.9. The number of cyclic esters (lactones) is 1. The Hall–Kier alpha value is -0.930. The lowest BCUT2D eigenvalue weighted by Gasteiger charge is -2.46. The zero-order chi connectivity index (χ0) is 37.0. The maximum Gasteiger partial charge on any atom is 0.311 e.